The van der Waals surface area contributed by atoms with Gasteiger partial charge in [0.25, 0.3) is 0 Å². The third-order valence-electron chi connectivity index (χ3n) is 2.89. The molecule has 4 nitrogen and oxygen atoms in total. The average Bonchev–Trinajstić information content (AvgIpc) is 2.79. The van der Waals surface area contributed by atoms with Crippen LogP contribution in [-0.4, -0.2) is 15.0 Å². The minimum atomic E-state index is 0.458. The second-order valence-electron chi connectivity index (χ2n) is 4.24. The summed E-state index contributed by atoms with van der Waals surface area (Å²) < 4.78 is 1.84. The van der Waals surface area contributed by atoms with Gasteiger partial charge in [0, 0.05) is 0 Å². The van der Waals surface area contributed by atoms with E-state index in [2.05, 4.69) is 35.4 Å². The summed E-state index contributed by atoms with van der Waals surface area (Å²) in [5.74, 6) is 0. The van der Waals surface area contributed by atoms with Crippen molar-refractivity contribution in [1.82, 2.24) is 15.0 Å². The van der Waals surface area contributed by atoms with Gasteiger partial charge in [0.2, 0.25) is 0 Å². The van der Waals surface area contributed by atoms with Crippen LogP contribution in [0.1, 0.15) is 36.7 Å². The summed E-state index contributed by atoms with van der Waals surface area (Å²) in [6.07, 6.45) is 3.01. The maximum atomic E-state index is 9.03. The highest BCUT2D eigenvalue weighted by Crippen LogP contribution is 2.11. The van der Waals surface area contributed by atoms with Crippen molar-refractivity contribution in [3.05, 3.63) is 47.3 Å². The van der Waals surface area contributed by atoms with E-state index in [4.69, 9.17) is 5.26 Å². The van der Waals surface area contributed by atoms with Crippen molar-refractivity contribution in [3.8, 4) is 6.07 Å². The van der Waals surface area contributed by atoms with E-state index in [1.807, 2.05) is 22.9 Å². The van der Waals surface area contributed by atoms with Gasteiger partial charge in [-0.3, -0.25) is 0 Å². The molecule has 0 fully saturated rings. The standard InChI is InChI=1S/C14H16N4/c1-2-3-9-14-13(10-15)16-17-18(14)11-12-7-5-4-6-8-12/h4-8H,2-3,9,11H2,1H3. The highest BCUT2D eigenvalue weighted by Gasteiger charge is 2.11. The molecule has 0 aliphatic carbocycles. The number of hydrogen-bond donors (Lipinski definition) is 0. The minimum Gasteiger partial charge on any atom is -0.244 e. The van der Waals surface area contributed by atoms with Crippen molar-refractivity contribution in [2.24, 2.45) is 0 Å². The van der Waals surface area contributed by atoms with E-state index < -0.39 is 0 Å². The normalized spacial score (nSPS) is 10.2. The molecule has 0 bridgehead atoms. The van der Waals surface area contributed by atoms with Crippen molar-refractivity contribution in [1.29, 1.82) is 5.26 Å². The average molecular weight is 240 g/mol. The van der Waals surface area contributed by atoms with Crippen LogP contribution >= 0.6 is 0 Å². The predicted molar refractivity (Wildman–Crippen MR) is 68.9 cm³/mol. The number of unbranched alkanes of at least 4 members (excludes halogenated alkanes) is 1. The maximum absolute atomic E-state index is 9.03. The second kappa shape index (κ2) is 5.97. The highest BCUT2D eigenvalue weighted by molar-refractivity contribution is 5.26. The fourth-order valence-electron chi connectivity index (χ4n) is 1.89. The number of nitriles is 1. The Hall–Kier alpha value is -2.15. The monoisotopic (exact) mass is 240 g/mol. The van der Waals surface area contributed by atoms with Gasteiger partial charge in [-0.05, 0) is 18.4 Å². The molecule has 0 aliphatic heterocycles. The van der Waals surface area contributed by atoms with Crippen LogP contribution in [0.5, 0.6) is 0 Å². The third kappa shape index (κ3) is 2.75. The molecule has 2 rings (SSSR count). The molecule has 0 saturated carbocycles. The summed E-state index contributed by atoms with van der Waals surface area (Å²) >= 11 is 0. The lowest BCUT2D eigenvalue weighted by atomic mass is 10.1. The maximum Gasteiger partial charge on any atom is 0.185 e. The van der Waals surface area contributed by atoms with Crippen LogP contribution in [0.25, 0.3) is 0 Å². The van der Waals surface area contributed by atoms with Crippen LogP contribution in [0.4, 0.5) is 0 Å². The molecule has 1 heterocycles. The Morgan fingerprint density at radius 3 is 2.72 bits per heavy atom. The molecule has 18 heavy (non-hydrogen) atoms. The first-order chi connectivity index (χ1) is 8.85. The van der Waals surface area contributed by atoms with Crippen molar-refractivity contribution in [2.75, 3.05) is 0 Å². The van der Waals surface area contributed by atoms with Gasteiger partial charge in [-0.2, -0.15) is 5.26 Å². The fourth-order valence-corrected chi connectivity index (χ4v) is 1.89. The number of rotatable bonds is 5. The Morgan fingerprint density at radius 1 is 1.28 bits per heavy atom. The topological polar surface area (TPSA) is 54.5 Å². The Bertz CT molecular complexity index is 537. The molecule has 0 unspecified atom stereocenters. The fraction of sp³-hybridized carbons (Fsp3) is 0.357. The van der Waals surface area contributed by atoms with E-state index in [9.17, 15) is 0 Å². The van der Waals surface area contributed by atoms with Crippen LogP contribution in [0.3, 0.4) is 0 Å². The Kier molecular flexibility index (Phi) is 4.08. The molecule has 1 aromatic carbocycles. The molecule has 2 aromatic rings. The van der Waals surface area contributed by atoms with E-state index in [-0.39, 0.29) is 0 Å². The third-order valence-corrected chi connectivity index (χ3v) is 2.89. The number of nitrogens with zero attached hydrogens (tertiary/aromatic N) is 4. The Balaban J connectivity index is 2.22. The van der Waals surface area contributed by atoms with Gasteiger partial charge in [-0.25, -0.2) is 4.68 Å². The molecular weight excluding hydrogens is 224 g/mol. The second-order valence-corrected chi connectivity index (χ2v) is 4.24. The zero-order chi connectivity index (χ0) is 12.8. The summed E-state index contributed by atoms with van der Waals surface area (Å²) in [7, 11) is 0. The van der Waals surface area contributed by atoms with Crippen molar-refractivity contribution in [2.45, 2.75) is 32.7 Å². The minimum absolute atomic E-state index is 0.458. The van der Waals surface area contributed by atoms with E-state index in [0.29, 0.717) is 12.2 Å². The SMILES string of the molecule is CCCCc1c(C#N)nnn1Cc1ccccc1. The first kappa shape index (κ1) is 12.3. The van der Waals surface area contributed by atoms with Gasteiger partial charge in [0.1, 0.15) is 6.07 Å². The first-order valence-corrected chi connectivity index (χ1v) is 6.21. The van der Waals surface area contributed by atoms with E-state index >= 15 is 0 Å². The quantitative estimate of drug-likeness (QED) is 0.807. The largest absolute Gasteiger partial charge is 0.244 e. The highest BCUT2D eigenvalue weighted by atomic mass is 15.4. The van der Waals surface area contributed by atoms with E-state index in [0.717, 1.165) is 25.0 Å². The Labute approximate surface area is 107 Å². The van der Waals surface area contributed by atoms with Gasteiger partial charge in [-0.1, -0.05) is 48.9 Å². The molecule has 1 aromatic heterocycles. The summed E-state index contributed by atoms with van der Waals surface area (Å²) in [4.78, 5) is 0. The molecular formula is C14H16N4. The lowest BCUT2D eigenvalue weighted by Gasteiger charge is -2.06. The molecule has 0 spiro atoms. The summed E-state index contributed by atoms with van der Waals surface area (Å²) in [5, 5.41) is 17.0. The summed E-state index contributed by atoms with van der Waals surface area (Å²) in [5.41, 5.74) is 2.58. The Morgan fingerprint density at radius 2 is 2.06 bits per heavy atom. The van der Waals surface area contributed by atoms with E-state index in [1.165, 1.54) is 5.56 Å². The zero-order valence-corrected chi connectivity index (χ0v) is 10.5. The van der Waals surface area contributed by atoms with Crippen LogP contribution in [0, 0.1) is 11.3 Å². The van der Waals surface area contributed by atoms with E-state index in [1.54, 1.807) is 0 Å². The zero-order valence-electron chi connectivity index (χ0n) is 10.5. The number of benzene rings is 1. The van der Waals surface area contributed by atoms with Crippen molar-refractivity contribution >= 4 is 0 Å². The van der Waals surface area contributed by atoms with Gasteiger partial charge in [0.05, 0.1) is 12.2 Å². The molecule has 0 radical (unpaired) electrons. The molecule has 0 saturated heterocycles. The molecule has 0 atom stereocenters. The first-order valence-electron chi connectivity index (χ1n) is 6.21. The predicted octanol–water partition coefficient (Wildman–Crippen LogP) is 2.54. The van der Waals surface area contributed by atoms with Crippen LogP contribution in [0.2, 0.25) is 0 Å². The van der Waals surface area contributed by atoms with Crippen LogP contribution in [-0.2, 0) is 13.0 Å². The van der Waals surface area contributed by atoms with Crippen LogP contribution in [0.15, 0.2) is 30.3 Å². The van der Waals surface area contributed by atoms with Gasteiger partial charge in [0.15, 0.2) is 5.69 Å². The molecule has 0 aliphatic rings. The molecule has 92 valence electrons. The summed E-state index contributed by atoms with van der Waals surface area (Å²) in [6, 6.07) is 12.2. The smallest absolute Gasteiger partial charge is 0.185 e. The van der Waals surface area contributed by atoms with Crippen LogP contribution < -0.4 is 0 Å². The number of aromatic nitrogens is 3. The van der Waals surface area contributed by atoms with Gasteiger partial charge < -0.3 is 0 Å². The number of hydrogen-bond acceptors (Lipinski definition) is 3. The van der Waals surface area contributed by atoms with Gasteiger partial charge in [-0.15, -0.1) is 5.10 Å². The van der Waals surface area contributed by atoms with Gasteiger partial charge >= 0.3 is 0 Å². The lowest BCUT2D eigenvalue weighted by Crippen LogP contribution is -2.07. The lowest BCUT2D eigenvalue weighted by molar-refractivity contribution is 0.606. The molecule has 0 N–H and O–H groups in total. The van der Waals surface area contributed by atoms with Crippen molar-refractivity contribution < 1.29 is 0 Å². The molecule has 4 heteroatoms. The summed E-state index contributed by atoms with van der Waals surface area (Å²) in [6.45, 7) is 2.81. The van der Waals surface area contributed by atoms with Crippen molar-refractivity contribution in [3.63, 3.8) is 0 Å². The molecule has 0 amide bonds.